The van der Waals surface area contributed by atoms with E-state index in [1.165, 1.54) is 0 Å². The number of carbonyl (C=O) groups excluding carboxylic acids is 1. The monoisotopic (exact) mass is 248 g/mol. The van der Waals surface area contributed by atoms with Gasteiger partial charge in [0.2, 0.25) is 0 Å². The standard InChI is InChI=1S/C14H20N2O2/c1-10-7-12(15-2)3-4-13(10)14(18)16-6-5-11(8-16)9-17/h3-4,7,11,15,17H,5-6,8-9H2,1-2H3. The average molecular weight is 248 g/mol. The van der Waals surface area contributed by atoms with E-state index in [0.717, 1.165) is 29.8 Å². The summed E-state index contributed by atoms with van der Waals surface area (Å²) in [5.41, 5.74) is 2.76. The van der Waals surface area contributed by atoms with E-state index in [-0.39, 0.29) is 18.4 Å². The molecule has 2 rings (SSSR count). The molecule has 1 aromatic rings. The van der Waals surface area contributed by atoms with Crippen LogP contribution >= 0.6 is 0 Å². The van der Waals surface area contributed by atoms with Crippen molar-refractivity contribution in [3.63, 3.8) is 0 Å². The summed E-state index contributed by atoms with van der Waals surface area (Å²) in [6.07, 6.45) is 0.899. The first kappa shape index (κ1) is 12.9. The molecule has 0 aliphatic carbocycles. The molecule has 1 heterocycles. The van der Waals surface area contributed by atoms with Crippen LogP contribution in [0.15, 0.2) is 18.2 Å². The number of anilines is 1. The van der Waals surface area contributed by atoms with Gasteiger partial charge in [0.1, 0.15) is 0 Å². The van der Waals surface area contributed by atoms with Crippen LogP contribution in [0.4, 0.5) is 5.69 Å². The largest absolute Gasteiger partial charge is 0.396 e. The molecule has 1 aliphatic rings. The average Bonchev–Trinajstić information content (AvgIpc) is 2.86. The number of aryl methyl sites for hydroxylation is 1. The van der Waals surface area contributed by atoms with Gasteiger partial charge in [-0.2, -0.15) is 0 Å². The Labute approximate surface area is 108 Å². The van der Waals surface area contributed by atoms with Gasteiger partial charge in [0.25, 0.3) is 5.91 Å². The number of carbonyl (C=O) groups is 1. The first-order chi connectivity index (χ1) is 8.65. The third-order valence-corrected chi connectivity index (χ3v) is 3.58. The molecule has 0 bridgehead atoms. The van der Waals surface area contributed by atoms with Gasteiger partial charge >= 0.3 is 0 Å². The van der Waals surface area contributed by atoms with E-state index in [9.17, 15) is 4.79 Å². The summed E-state index contributed by atoms with van der Waals surface area (Å²) in [4.78, 5) is 14.2. The Bertz CT molecular complexity index is 445. The second-order valence-corrected chi connectivity index (χ2v) is 4.87. The lowest BCUT2D eigenvalue weighted by Crippen LogP contribution is -2.29. The van der Waals surface area contributed by atoms with E-state index in [0.29, 0.717) is 6.54 Å². The molecule has 0 radical (unpaired) electrons. The molecule has 98 valence electrons. The molecule has 4 heteroatoms. The third kappa shape index (κ3) is 2.48. The van der Waals surface area contributed by atoms with Gasteiger partial charge < -0.3 is 15.3 Å². The van der Waals surface area contributed by atoms with Crippen LogP contribution in [0.2, 0.25) is 0 Å². The minimum Gasteiger partial charge on any atom is -0.396 e. The molecule has 18 heavy (non-hydrogen) atoms. The van der Waals surface area contributed by atoms with Crippen LogP contribution in [0, 0.1) is 12.8 Å². The van der Waals surface area contributed by atoms with Crippen molar-refractivity contribution < 1.29 is 9.90 Å². The SMILES string of the molecule is CNc1ccc(C(=O)N2CCC(CO)C2)c(C)c1. The molecule has 0 aromatic heterocycles. The minimum absolute atomic E-state index is 0.0751. The van der Waals surface area contributed by atoms with E-state index in [1.54, 1.807) is 0 Å². The van der Waals surface area contributed by atoms with Crippen molar-refractivity contribution in [2.75, 3.05) is 32.1 Å². The van der Waals surface area contributed by atoms with Gasteiger partial charge in [0, 0.05) is 43.9 Å². The van der Waals surface area contributed by atoms with Crippen LogP contribution in [-0.4, -0.2) is 42.7 Å². The van der Waals surface area contributed by atoms with E-state index in [1.807, 2.05) is 37.1 Å². The highest BCUT2D eigenvalue weighted by molar-refractivity contribution is 5.96. The maximum atomic E-state index is 12.4. The minimum atomic E-state index is 0.0751. The van der Waals surface area contributed by atoms with E-state index in [2.05, 4.69) is 5.32 Å². The normalized spacial score (nSPS) is 19.1. The number of amides is 1. The lowest BCUT2D eigenvalue weighted by molar-refractivity contribution is 0.0781. The van der Waals surface area contributed by atoms with Crippen molar-refractivity contribution >= 4 is 11.6 Å². The fraction of sp³-hybridized carbons (Fsp3) is 0.500. The smallest absolute Gasteiger partial charge is 0.254 e. The molecule has 4 nitrogen and oxygen atoms in total. The highest BCUT2D eigenvalue weighted by atomic mass is 16.3. The maximum absolute atomic E-state index is 12.4. The Morgan fingerprint density at radius 2 is 2.33 bits per heavy atom. The molecule has 0 saturated carbocycles. The second-order valence-electron chi connectivity index (χ2n) is 4.87. The Hall–Kier alpha value is -1.55. The van der Waals surface area contributed by atoms with Gasteiger partial charge in [-0.3, -0.25) is 4.79 Å². The summed E-state index contributed by atoms with van der Waals surface area (Å²) in [6.45, 7) is 3.54. The van der Waals surface area contributed by atoms with Crippen molar-refractivity contribution in [2.45, 2.75) is 13.3 Å². The molecule has 1 fully saturated rings. The van der Waals surface area contributed by atoms with Crippen LogP contribution < -0.4 is 5.32 Å². The number of nitrogens with one attached hydrogen (secondary N) is 1. The maximum Gasteiger partial charge on any atom is 0.254 e. The number of likely N-dealkylation sites (tertiary alicyclic amines) is 1. The molecule has 1 amide bonds. The predicted molar refractivity (Wildman–Crippen MR) is 71.8 cm³/mol. The zero-order valence-corrected chi connectivity index (χ0v) is 10.9. The van der Waals surface area contributed by atoms with E-state index in [4.69, 9.17) is 5.11 Å². The van der Waals surface area contributed by atoms with Gasteiger partial charge in [-0.05, 0) is 37.1 Å². The van der Waals surface area contributed by atoms with Gasteiger partial charge in [0.15, 0.2) is 0 Å². The summed E-state index contributed by atoms with van der Waals surface area (Å²) in [5.74, 6) is 0.317. The van der Waals surface area contributed by atoms with Crippen molar-refractivity contribution in [3.8, 4) is 0 Å². The first-order valence-electron chi connectivity index (χ1n) is 6.34. The second kappa shape index (κ2) is 5.40. The fourth-order valence-electron chi connectivity index (χ4n) is 2.40. The summed E-state index contributed by atoms with van der Waals surface area (Å²) in [7, 11) is 1.86. The van der Waals surface area contributed by atoms with Crippen molar-refractivity contribution in [3.05, 3.63) is 29.3 Å². The quantitative estimate of drug-likeness (QED) is 0.852. The molecule has 0 spiro atoms. The van der Waals surface area contributed by atoms with Crippen molar-refractivity contribution in [1.82, 2.24) is 4.90 Å². The van der Waals surface area contributed by atoms with Gasteiger partial charge in [0.05, 0.1) is 0 Å². The van der Waals surface area contributed by atoms with Crippen molar-refractivity contribution in [2.24, 2.45) is 5.92 Å². The Balaban J connectivity index is 2.14. The molecule has 1 unspecified atom stereocenters. The Morgan fingerprint density at radius 3 is 2.89 bits per heavy atom. The van der Waals surface area contributed by atoms with Crippen LogP contribution in [0.1, 0.15) is 22.3 Å². The highest BCUT2D eigenvalue weighted by Crippen LogP contribution is 2.21. The number of hydrogen-bond acceptors (Lipinski definition) is 3. The topological polar surface area (TPSA) is 52.6 Å². The van der Waals surface area contributed by atoms with Crippen LogP contribution in [0.25, 0.3) is 0 Å². The van der Waals surface area contributed by atoms with Gasteiger partial charge in [-0.15, -0.1) is 0 Å². The van der Waals surface area contributed by atoms with Crippen molar-refractivity contribution in [1.29, 1.82) is 0 Å². The van der Waals surface area contributed by atoms with Gasteiger partial charge in [-0.1, -0.05) is 0 Å². The molecular formula is C14H20N2O2. The molecule has 2 N–H and O–H groups in total. The van der Waals surface area contributed by atoms with Crippen LogP contribution in [0.5, 0.6) is 0 Å². The third-order valence-electron chi connectivity index (χ3n) is 3.58. The summed E-state index contributed by atoms with van der Waals surface area (Å²) in [6, 6.07) is 5.77. The number of rotatable bonds is 3. The van der Waals surface area contributed by atoms with E-state index < -0.39 is 0 Å². The summed E-state index contributed by atoms with van der Waals surface area (Å²) < 4.78 is 0. The Kier molecular flexibility index (Phi) is 3.87. The fourth-order valence-corrected chi connectivity index (χ4v) is 2.40. The van der Waals surface area contributed by atoms with Crippen LogP contribution in [0.3, 0.4) is 0 Å². The summed E-state index contributed by atoms with van der Waals surface area (Å²) in [5, 5.41) is 12.2. The number of aliphatic hydroxyl groups excluding tert-OH is 1. The predicted octanol–water partition coefficient (Wildman–Crippen LogP) is 1.49. The Morgan fingerprint density at radius 1 is 1.56 bits per heavy atom. The zero-order valence-electron chi connectivity index (χ0n) is 10.9. The van der Waals surface area contributed by atoms with Gasteiger partial charge in [-0.25, -0.2) is 0 Å². The van der Waals surface area contributed by atoms with Crippen LogP contribution in [-0.2, 0) is 0 Å². The lowest BCUT2D eigenvalue weighted by Gasteiger charge is -2.18. The molecule has 1 saturated heterocycles. The molecule has 1 aliphatic heterocycles. The number of benzene rings is 1. The number of hydrogen-bond donors (Lipinski definition) is 2. The molecular weight excluding hydrogens is 228 g/mol. The lowest BCUT2D eigenvalue weighted by atomic mass is 10.1. The summed E-state index contributed by atoms with van der Waals surface area (Å²) >= 11 is 0. The number of nitrogens with zero attached hydrogens (tertiary/aromatic N) is 1. The molecule has 1 aromatic carbocycles. The highest BCUT2D eigenvalue weighted by Gasteiger charge is 2.26. The molecule has 1 atom stereocenters. The first-order valence-corrected chi connectivity index (χ1v) is 6.34. The van der Waals surface area contributed by atoms with E-state index >= 15 is 0 Å². The number of aliphatic hydroxyl groups is 1. The zero-order chi connectivity index (χ0) is 13.1.